The first-order valence-electron chi connectivity index (χ1n) is 11.0. The van der Waals surface area contributed by atoms with Crippen molar-refractivity contribution in [3.8, 4) is 0 Å². The van der Waals surface area contributed by atoms with E-state index in [0.29, 0.717) is 5.56 Å². The fourth-order valence-corrected chi connectivity index (χ4v) is 4.31. The SMILES string of the molecule is CCCCCC(O)c1ccc(N2c3ccccc3CCc3cc(C=O)ccc32)cc1. The summed E-state index contributed by atoms with van der Waals surface area (Å²) in [5, 5.41) is 10.5. The zero-order valence-corrected chi connectivity index (χ0v) is 17.6. The third-order valence-corrected chi connectivity index (χ3v) is 5.99. The lowest BCUT2D eigenvalue weighted by atomic mass is 10.0. The number of aliphatic hydroxyl groups is 1. The number of unbranched alkanes of at least 4 members (excludes halogenated alkanes) is 2. The van der Waals surface area contributed by atoms with Crippen molar-refractivity contribution in [3.05, 3.63) is 89.0 Å². The summed E-state index contributed by atoms with van der Waals surface area (Å²) < 4.78 is 0. The quantitative estimate of drug-likeness (QED) is 0.356. The van der Waals surface area contributed by atoms with E-state index in [-0.39, 0.29) is 0 Å². The van der Waals surface area contributed by atoms with Crippen LogP contribution >= 0.6 is 0 Å². The summed E-state index contributed by atoms with van der Waals surface area (Å²) in [5.74, 6) is 0. The third kappa shape index (κ3) is 4.17. The van der Waals surface area contributed by atoms with Crippen molar-refractivity contribution >= 4 is 23.3 Å². The molecule has 0 spiro atoms. The van der Waals surface area contributed by atoms with Crippen molar-refractivity contribution in [2.24, 2.45) is 0 Å². The Hall–Kier alpha value is -2.91. The molecule has 1 aliphatic heterocycles. The third-order valence-electron chi connectivity index (χ3n) is 5.99. The summed E-state index contributed by atoms with van der Waals surface area (Å²) >= 11 is 0. The smallest absolute Gasteiger partial charge is 0.150 e. The summed E-state index contributed by atoms with van der Waals surface area (Å²) in [6, 6.07) is 22.7. The Morgan fingerprint density at radius 1 is 0.933 bits per heavy atom. The van der Waals surface area contributed by atoms with Gasteiger partial charge in [-0.1, -0.05) is 56.5 Å². The molecule has 3 aromatic carbocycles. The van der Waals surface area contributed by atoms with Gasteiger partial charge in [0.15, 0.2) is 0 Å². The number of rotatable bonds is 7. The number of aryl methyl sites for hydroxylation is 2. The fraction of sp³-hybridized carbons (Fsp3) is 0.296. The number of carbonyl (C=O) groups is 1. The minimum absolute atomic E-state index is 0.413. The maximum atomic E-state index is 11.3. The number of hydrogen-bond donors (Lipinski definition) is 1. The number of aliphatic hydroxyl groups excluding tert-OH is 1. The van der Waals surface area contributed by atoms with Gasteiger partial charge in [0, 0.05) is 22.6 Å². The molecule has 1 N–H and O–H groups in total. The Morgan fingerprint density at radius 3 is 2.43 bits per heavy atom. The highest BCUT2D eigenvalue weighted by Gasteiger charge is 2.22. The molecule has 0 aliphatic carbocycles. The maximum absolute atomic E-state index is 11.3. The van der Waals surface area contributed by atoms with Gasteiger partial charge < -0.3 is 10.0 Å². The molecular formula is C27H29NO2. The van der Waals surface area contributed by atoms with Crippen LogP contribution in [-0.4, -0.2) is 11.4 Å². The molecule has 1 unspecified atom stereocenters. The second-order valence-corrected chi connectivity index (χ2v) is 8.07. The van der Waals surface area contributed by atoms with Crippen molar-refractivity contribution in [1.82, 2.24) is 0 Å². The predicted octanol–water partition coefficient (Wildman–Crippen LogP) is 6.68. The molecule has 0 bridgehead atoms. The number of hydrogen-bond acceptors (Lipinski definition) is 3. The average Bonchev–Trinajstić information content (AvgIpc) is 2.95. The van der Waals surface area contributed by atoms with E-state index < -0.39 is 6.10 Å². The van der Waals surface area contributed by atoms with Crippen molar-refractivity contribution in [2.75, 3.05) is 4.90 Å². The lowest BCUT2D eigenvalue weighted by molar-refractivity contribution is 0.112. The molecule has 1 atom stereocenters. The Morgan fingerprint density at radius 2 is 1.67 bits per heavy atom. The minimum atomic E-state index is -0.413. The van der Waals surface area contributed by atoms with E-state index in [1.807, 2.05) is 24.3 Å². The van der Waals surface area contributed by atoms with Gasteiger partial charge >= 0.3 is 0 Å². The van der Waals surface area contributed by atoms with Gasteiger partial charge in [-0.2, -0.15) is 0 Å². The van der Waals surface area contributed by atoms with Crippen LogP contribution in [0.4, 0.5) is 17.1 Å². The summed E-state index contributed by atoms with van der Waals surface area (Å²) in [6.07, 6.45) is 6.50. The van der Waals surface area contributed by atoms with Crippen LogP contribution in [-0.2, 0) is 12.8 Å². The highest BCUT2D eigenvalue weighted by Crippen LogP contribution is 2.42. The van der Waals surface area contributed by atoms with Crippen LogP contribution in [0.3, 0.4) is 0 Å². The summed E-state index contributed by atoms with van der Waals surface area (Å²) in [7, 11) is 0. The van der Waals surface area contributed by atoms with Crippen molar-refractivity contribution in [1.29, 1.82) is 0 Å². The average molecular weight is 400 g/mol. The predicted molar refractivity (Wildman–Crippen MR) is 123 cm³/mol. The lowest BCUT2D eigenvalue weighted by Gasteiger charge is -2.27. The van der Waals surface area contributed by atoms with Crippen molar-refractivity contribution in [2.45, 2.75) is 51.6 Å². The Labute approximate surface area is 179 Å². The number of fused-ring (bicyclic) bond motifs is 2. The molecule has 1 aliphatic rings. The van der Waals surface area contributed by atoms with Gasteiger partial charge in [0.1, 0.15) is 6.29 Å². The first-order valence-corrected chi connectivity index (χ1v) is 11.0. The summed E-state index contributed by atoms with van der Waals surface area (Å²) in [6.45, 7) is 2.18. The zero-order valence-electron chi connectivity index (χ0n) is 17.6. The van der Waals surface area contributed by atoms with Gasteiger partial charge in [-0.15, -0.1) is 0 Å². The molecule has 30 heavy (non-hydrogen) atoms. The molecule has 0 aromatic heterocycles. The number of aldehydes is 1. The van der Waals surface area contributed by atoms with Gasteiger partial charge in [-0.25, -0.2) is 0 Å². The number of anilines is 3. The molecule has 3 heteroatoms. The molecule has 0 saturated heterocycles. The molecule has 3 nitrogen and oxygen atoms in total. The van der Waals surface area contributed by atoms with Crippen molar-refractivity contribution < 1.29 is 9.90 Å². The molecule has 0 amide bonds. The van der Waals surface area contributed by atoms with Crippen LogP contribution in [0.25, 0.3) is 0 Å². The molecule has 0 saturated carbocycles. The van der Waals surface area contributed by atoms with Gasteiger partial charge in [-0.05, 0) is 72.4 Å². The topological polar surface area (TPSA) is 40.5 Å². The normalized spacial score (nSPS) is 13.9. The van der Waals surface area contributed by atoms with E-state index in [0.717, 1.165) is 61.7 Å². The van der Waals surface area contributed by atoms with Crippen LogP contribution in [0, 0.1) is 0 Å². The molecule has 1 heterocycles. The van der Waals surface area contributed by atoms with Gasteiger partial charge in [-0.3, -0.25) is 4.79 Å². The van der Waals surface area contributed by atoms with Crippen molar-refractivity contribution in [3.63, 3.8) is 0 Å². The van der Waals surface area contributed by atoms with E-state index in [2.05, 4.69) is 54.3 Å². The summed E-state index contributed by atoms with van der Waals surface area (Å²) in [4.78, 5) is 13.6. The Balaban J connectivity index is 1.71. The second kappa shape index (κ2) is 9.27. The van der Waals surface area contributed by atoms with E-state index in [1.165, 1.54) is 16.8 Å². The van der Waals surface area contributed by atoms with Crippen LogP contribution in [0.5, 0.6) is 0 Å². The van der Waals surface area contributed by atoms with E-state index >= 15 is 0 Å². The number of para-hydroxylation sites is 1. The van der Waals surface area contributed by atoms with Crippen LogP contribution in [0.2, 0.25) is 0 Å². The number of benzene rings is 3. The standard InChI is InChI=1S/C27H29NO2/c1-2-3-4-9-27(30)22-13-15-24(16-14-22)28-25-8-6-5-7-21(25)11-12-23-18-20(19-29)10-17-26(23)28/h5-8,10,13-19,27,30H,2-4,9,11-12H2,1H3. The van der Waals surface area contributed by atoms with Gasteiger partial charge in [0.05, 0.1) is 6.10 Å². The van der Waals surface area contributed by atoms with Crippen LogP contribution in [0.15, 0.2) is 66.7 Å². The summed E-state index contributed by atoms with van der Waals surface area (Å²) in [5.41, 5.74) is 7.51. The molecule has 4 rings (SSSR count). The van der Waals surface area contributed by atoms with Gasteiger partial charge in [0.25, 0.3) is 0 Å². The molecule has 154 valence electrons. The first-order chi connectivity index (χ1) is 14.7. The van der Waals surface area contributed by atoms with E-state index in [4.69, 9.17) is 0 Å². The van der Waals surface area contributed by atoms with E-state index in [1.54, 1.807) is 0 Å². The highest BCUT2D eigenvalue weighted by atomic mass is 16.3. The van der Waals surface area contributed by atoms with Gasteiger partial charge in [0.2, 0.25) is 0 Å². The maximum Gasteiger partial charge on any atom is 0.150 e. The van der Waals surface area contributed by atoms with E-state index in [9.17, 15) is 9.90 Å². The zero-order chi connectivity index (χ0) is 20.9. The molecule has 0 radical (unpaired) electrons. The molecule has 0 fully saturated rings. The Bertz CT molecular complexity index is 1010. The van der Waals surface area contributed by atoms with Crippen LogP contribution in [0.1, 0.15) is 65.8 Å². The highest BCUT2D eigenvalue weighted by molar-refractivity contribution is 5.84. The molecule has 3 aromatic rings. The number of carbonyl (C=O) groups excluding carboxylic acids is 1. The largest absolute Gasteiger partial charge is 0.388 e. The number of nitrogens with zero attached hydrogens (tertiary/aromatic N) is 1. The minimum Gasteiger partial charge on any atom is -0.388 e. The lowest BCUT2D eigenvalue weighted by Crippen LogP contribution is -2.12. The monoisotopic (exact) mass is 399 g/mol. The van der Waals surface area contributed by atoms with Crippen LogP contribution < -0.4 is 4.90 Å². The first kappa shape index (κ1) is 20.4. The fourth-order valence-electron chi connectivity index (χ4n) is 4.31. The second-order valence-electron chi connectivity index (χ2n) is 8.07. The molecular weight excluding hydrogens is 370 g/mol. The Kier molecular flexibility index (Phi) is 6.29.